The van der Waals surface area contributed by atoms with Crippen molar-refractivity contribution in [3.63, 3.8) is 0 Å². The third-order valence-corrected chi connectivity index (χ3v) is 3.64. The molecule has 3 rings (SSSR count). The molecule has 5 nitrogen and oxygen atoms in total. The molecule has 0 spiro atoms. The number of anilines is 2. The van der Waals surface area contributed by atoms with Gasteiger partial charge >= 0.3 is 0 Å². The van der Waals surface area contributed by atoms with Crippen LogP contribution in [0.3, 0.4) is 0 Å². The highest BCUT2D eigenvalue weighted by molar-refractivity contribution is 6.05. The Hall–Kier alpha value is -2.82. The highest BCUT2D eigenvalue weighted by atomic mass is 16.5. The van der Waals surface area contributed by atoms with Gasteiger partial charge in [-0.15, -0.1) is 0 Å². The van der Waals surface area contributed by atoms with Crippen LogP contribution < -0.4 is 15.4 Å². The van der Waals surface area contributed by atoms with Crippen LogP contribution in [0.4, 0.5) is 11.4 Å². The molecule has 0 saturated heterocycles. The number of ether oxygens (including phenoxy) is 1. The van der Waals surface area contributed by atoms with Crippen LogP contribution in [0.1, 0.15) is 21.5 Å². The maximum atomic E-state index is 12.3. The van der Waals surface area contributed by atoms with Crippen molar-refractivity contribution in [1.82, 2.24) is 0 Å². The lowest BCUT2D eigenvalue weighted by molar-refractivity contribution is -0.118. The molecular formula is C17H16N2O3. The van der Waals surface area contributed by atoms with Gasteiger partial charge in [0.2, 0.25) is 0 Å². The molecule has 0 radical (unpaired) electrons. The number of hydrogen-bond acceptors (Lipinski definition) is 3. The lowest BCUT2D eigenvalue weighted by Crippen LogP contribution is -2.25. The summed E-state index contributed by atoms with van der Waals surface area (Å²) in [5, 5.41) is 5.54. The Morgan fingerprint density at radius 2 is 1.95 bits per heavy atom. The van der Waals surface area contributed by atoms with Crippen LogP contribution in [-0.2, 0) is 4.79 Å². The van der Waals surface area contributed by atoms with Crippen LogP contribution in [0.15, 0.2) is 36.4 Å². The second-order valence-electron chi connectivity index (χ2n) is 5.30. The van der Waals surface area contributed by atoms with E-state index in [2.05, 4.69) is 10.6 Å². The molecule has 1 aliphatic rings. The van der Waals surface area contributed by atoms with Crippen LogP contribution in [-0.4, -0.2) is 18.4 Å². The molecule has 0 atom stereocenters. The van der Waals surface area contributed by atoms with Crippen molar-refractivity contribution in [2.45, 2.75) is 13.8 Å². The van der Waals surface area contributed by atoms with Crippen molar-refractivity contribution in [3.05, 3.63) is 53.1 Å². The fourth-order valence-electron chi connectivity index (χ4n) is 2.25. The summed E-state index contributed by atoms with van der Waals surface area (Å²) < 4.78 is 5.28. The number of rotatable bonds is 2. The number of benzene rings is 2. The Balaban J connectivity index is 1.80. The van der Waals surface area contributed by atoms with Crippen molar-refractivity contribution in [2.24, 2.45) is 0 Å². The average Bonchev–Trinajstić information content (AvgIpc) is 2.49. The summed E-state index contributed by atoms with van der Waals surface area (Å²) in [6, 6.07) is 10.7. The van der Waals surface area contributed by atoms with Gasteiger partial charge in [0, 0.05) is 11.3 Å². The minimum absolute atomic E-state index is 0.0152. The van der Waals surface area contributed by atoms with Gasteiger partial charge in [-0.25, -0.2) is 0 Å². The van der Waals surface area contributed by atoms with Gasteiger partial charge in [-0.05, 0) is 55.3 Å². The van der Waals surface area contributed by atoms with Crippen LogP contribution in [0.2, 0.25) is 0 Å². The molecule has 112 valence electrons. The summed E-state index contributed by atoms with van der Waals surface area (Å²) in [7, 11) is 0. The Morgan fingerprint density at radius 3 is 2.73 bits per heavy atom. The van der Waals surface area contributed by atoms with Crippen molar-refractivity contribution in [3.8, 4) is 5.75 Å². The zero-order valence-corrected chi connectivity index (χ0v) is 12.4. The Morgan fingerprint density at radius 1 is 1.14 bits per heavy atom. The first-order chi connectivity index (χ1) is 10.5. The molecule has 0 saturated carbocycles. The SMILES string of the molecule is Cc1ccc(C(=O)Nc2ccc3c(c2)NC(=O)CO3)cc1C. The average molecular weight is 296 g/mol. The normalized spacial score (nSPS) is 12.9. The minimum atomic E-state index is -0.204. The number of carbonyl (C=O) groups excluding carboxylic acids is 2. The molecule has 0 aliphatic carbocycles. The van der Waals surface area contributed by atoms with Crippen molar-refractivity contribution in [1.29, 1.82) is 0 Å². The lowest BCUT2D eigenvalue weighted by Gasteiger charge is -2.18. The first-order valence-corrected chi connectivity index (χ1v) is 6.98. The molecular weight excluding hydrogens is 280 g/mol. The van der Waals surface area contributed by atoms with Gasteiger partial charge in [-0.3, -0.25) is 9.59 Å². The van der Waals surface area contributed by atoms with Crippen LogP contribution in [0.25, 0.3) is 0 Å². The van der Waals surface area contributed by atoms with E-state index in [1.165, 1.54) is 0 Å². The summed E-state index contributed by atoms with van der Waals surface area (Å²) in [4.78, 5) is 23.6. The lowest BCUT2D eigenvalue weighted by atomic mass is 10.1. The quantitative estimate of drug-likeness (QED) is 0.895. The monoisotopic (exact) mass is 296 g/mol. The summed E-state index contributed by atoms with van der Waals surface area (Å²) in [5.41, 5.74) is 3.98. The Labute approximate surface area is 128 Å². The van der Waals surface area contributed by atoms with E-state index < -0.39 is 0 Å². The number of fused-ring (bicyclic) bond motifs is 1. The fourth-order valence-corrected chi connectivity index (χ4v) is 2.25. The van der Waals surface area contributed by atoms with Gasteiger partial charge in [-0.2, -0.15) is 0 Å². The summed E-state index contributed by atoms with van der Waals surface area (Å²) in [5.74, 6) is 0.208. The smallest absolute Gasteiger partial charge is 0.262 e. The molecule has 2 amide bonds. The Bertz CT molecular complexity index is 768. The molecule has 1 aliphatic heterocycles. The standard InChI is InChI=1S/C17H16N2O3/c1-10-3-4-12(7-11(10)2)17(21)18-13-5-6-15-14(8-13)19-16(20)9-22-15/h3-8H,9H2,1-2H3,(H,18,21)(H,19,20). The van der Waals surface area contributed by atoms with E-state index in [1.54, 1.807) is 24.3 Å². The van der Waals surface area contributed by atoms with Crippen molar-refractivity contribution < 1.29 is 14.3 Å². The maximum absolute atomic E-state index is 12.3. The Kier molecular flexibility index (Phi) is 3.55. The van der Waals surface area contributed by atoms with E-state index in [9.17, 15) is 9.59 Å². The van der Waals surface area contributed by atoms with E-state index in [0.717, 1.165) is 11.1 Å². The molecule has 0 fully saturated rings. The predicted molar refractivity (Wildman–Crippen MR) is 84.4 cm³/mol. The maximum Gasteiger partial charge on any atom is 0.262 e. The zero-order valence-electron chi connectivity index (χ0n) is 12.4. The topological polar surface area (TPSA) is 67.4 Å². The predicted octanol–water partition coefficient (Wildman–Crippen LogP) is 2.89. The number of nitrogens with one attached hydrogen (secondary N) is 2. The third kappa shape index (κ3) is 2.79. The molecule has 22 heavy (non-hydrogen) atoms. The molecule has 2 N–H and O–H groups in total. The summed E-state index contributed by atoms with van der Waals surface area (Å²) in [6.45, 7) is 3.99. The van der Waals surface area contributed by atoms with E-state index in [4.69, 9.17) is 4.74 Å². The van der Waals surface area contributed by atoms with Crippen LogP contribution >= 0.6 is 0 Å². The number of aryl methyl sites for hydroxylation is 2. The second kappa shape index (κ2) is 5.52. The molecule has 5 heteroatoms. The first-order valence-electron chi connectivity index (χ1n) is 6.98. The molecule has 2 aromatic rings. The fraction of sp³-hybridized carbons (Fsp3) is 0.176. The van der Waals surface area contributed by atoms with Gasteiger partial charge in [-0.1, -0.05) is 6.07 Å². The van der Waals surface area contributed by atoms with Gasteiger partial charge in [0.25, 0.3) is 11.8 Å². The highest BCUT2D eigenvalue weighted by Crippen LogP contribution is 2.30. The summed E-state index contributed by atoms with van der Waals surface area (Å²) in [6.07, 6.45) is 0. The molecule has 0 bridgehead atoms. The zero-order chi connectivity index (χ0) is 15.7. The van der Waals surface area contributed by atoms with E-state index in [-0.39, 0.29) is 18.4 Å². The molecule has 1 heterocycles. The summed E-state index contributed by atoms with van der Waals surface area (Å²) >= 11 is 0. The van der Waals surface area contributed by atoms with Gasteiger partial charge < -0.3 is 15.4 Å². The van der Waals surface area contributed by atoms with E-state index >= 15 is 0 Å². The molecule has 0 aromatic heterocycles. The van der Waals surface area contributed by atoms with Crippen molar-refractivity contribution in [2.75, 3.05) is 17.2 Å². The third-order valence-electron chi connectivity index (χ3n) is 3.64. The van der Waals surface area contributed by atoms with E-state index in [1.807, 2.05) is 26.0 Å². The molecule has 0 unspecified atom stereocenters. The minimum Gasteiger partial charge on any atom is -0.482 e. The van der Waals surface area contributed by atoms with Gasteiger partial charge in [0.1, 0.15) is 5.75 Å². The highest BCUT2D eigenvalue weighted by Gasteiger charge is 2.16. The van der Waals surface area contributed by atoms with E-state index in [0.29, 0.717) is 22.7 Å². The number of amides is 2. The first kappa shape index (κ1) is 14.1. The van der Waals surface area contributed by atoms with Gasteiger partial charge in [0.15, 0.2) is 6.61 Å². The number of hydrogen-bond donors (Lipinski definition) is 2. The van der Waals surface area contributed by atoms with Crippen molar-refractivity contribution >= 4 is 23.2 Å². The van der Waals surface area contributed by atoms with Crippen LogP contribution in [0, 0.1) is 13.8 Å². The second-order valence-corrected chi connectivity index (χ2v) is 5.30. The largest absolute Gasteiger partial charge is 0.482 e. The molecule has 2 aromatic carbocycles. The van der Waals surface area contributed by atoms with Gasteiger partial charge in [0.05, 0.1) is 5.69 Å². The van der Waals surface area contributed by atoms with Crippen LogP contribution in [0.5, 0.6) is 5.75 Å². The number of carbonyl (C=O) groups is 2.